The smallest absolute Gasteiger partial charge is 0.251 e. The second kappa shape index (κ2) is 8.57. The first kappa shape index (κ1) is 21.4. The fraction of sp³-hybridized carbons (Fsp3) is 0.217. The summed E-state index contributed by atoms with van der Waals surface area (Å²) in [5, 5.41) is 3.13. The molecule has 5 heteroatoms. The van der Waals surface area contributed by atoms with E-state index in [0.29, 0.717) is 0 Å². The van der Waals surface area contributed by atoms with Crippen molar-refractivity contribution in [1.82, 2.24) is 0 Å². The zero-order valence-electron chi connectivity index (χ0n) is 16.8. The van der Waals surface area contributed by atoms with Crippen LogP contribution in [0.2, 0.25) is 0 Å². The molecule has 2 nitrogen and oxygen atoms in total. The summed E-state index contributed by atoms with van der Waals surface area (Å²) in [6, 6.07) is 31.3. The van der Waals surface area contributed by atoms with Crippen molar-refractivity contribution in [3.63, 3.8) is 0 Å². The molecule has 0 aliphatic heterocycles. The fourth-order valence-electron chi connectivity index (χ4n) is 3.09. The monoisotopic (exact) mass is 429 g/mol. The molecule has 0 aliphatic rings. The van der Waals surface area contributed by atoms with Gasteiger partial charge in [-0.05, 0) is 48.2 Å². The molecule has 1 atom stereocenters. The van der Waals surface area contributed by atoms with Crippen molar-refractivity contribution in [2.45, 2.75) is 25.9 Å². The summed E-state index contributed by atoms with van der Waals surface area (Å²) in [6.07, 6.45) is 0. The summed E-state index contributed by atoms with van der Waals surface area (Å²) in [5.41, 5.74) is 0. The number of rotatable bonds is 6. The first-order chi connectivity index (χ1) is 13.3. The zero-order chi connectivity index (χ0) is 20.3. The number of hydrogen-bond acceptors (Lipinski definition) is 3. The van der Waals surface area contributed by atoms with Gasteiger partial charge in [0.1, 0.15) is 15.9 Å². The molecule has 0 radical (unpaired) electrons. The van der Waals surface area contributed by atoms with E-state index in [4.69, 9.17) is 20.6 Å². The highest BCUT2D eigenvalue weighted by Gasteiger charge is 2.54. The fourth-order valence-corrected chi connectivity index (χ4v) is 10.9. The van der Waals surface area contributed by atoms with E-state index in [1.54, 1.807) is 7.11 Å². The van der Waals surface area contributed by atoms with Gasteiger partial charge < -0.3 is 4.52 Å². The minimum Gasteiger partial charge on any atom is -0.330 e. The van der Waals surface area contributed by atoms with Crippen LogP contribution >= 0.6 is 14.0 Å². The lowest BCUT2D eigenvalue weighted by Gasteiger charge is -2.36. The maximum Gasteiger partial charge on any atom is 0.251 e. The Labute approximate surface area is 174 Å². The largest absolute Gasteiger partial charge is 0.330 e. The lowest BCUT2D eigenvalue weighted by atomic mass is 10.3. The van der Waals surface area contributed by atoms with E-state index < -0.39 is 14.0 Å². The molecule has 146 valence electrons. The molecule has 0 heterocycles. The van der Waals surface area contributed by atoms with Crippen molar-refractivity contribution in [2.75, 3.05) is 7.11 Å². The van der Waals surface area contributed by atoms with Gasteiger partial charge in [-0.1, -0.05) is 75.4 Å². The second-order valence-electron chi connectivity index (χ2n) is 7.55. The van der Waals surface area contributed by atoms with Crippen LogP contribution in [0, 0.1) is 0 Å². The Morgan fingerprint density at radius 2 is 1.00 bits per heavy atom. The van der Waals surface area contributed by atoms with Crippen LogP contribution in [-0.4, -0.2) is 12.3 Å². The van der Waals surface area contributed by atoms with Gasteiger partial charge in [0.15, 0.2) is 0 Å². The van der Waals surface area contributed by atoms with Crippen molar-refractivity contribution in [2.24, 2.45) is 0 Å². The first-order valence-corrected chi connectivity index (χ1v) is 13.6. The Kier molecular flexibility index (Phi) is 6.54. The molecule has 3 aromatic rings. The summed E-state index contributed by atoms with van der Waals surface area (Å²) < 4.78 is 13.1. The van der Waals surface area contributed by atoms with Crippen LogP contribution in [0.25, 0.3) is 0 Å². The highest BCUT2D eigenvalue weighted by Crippen LogP contribution is 2.73. The van der Waals surface area contributed by atoms with Crippen molar-refractivity contribution < 1.29 is 8.83 Å². The van der Waals surface area contributed by atoms with Crippen molar-refractivity contribution >= 4 is 41.7 Å². The standard InChI is InChI=1S/C23H27O2P2S/c1-23(2,3)27(28,24-4)25-26(20-14-8-5-9-15-20,21-16-10-6-11-17-21)22-18-12-7-13-19-22/h5-19H,1-4H3/q+1. The highest BCUT2D eigenvalue weighted by molar-refractivity contribution is 8.14. The third-order valence-electron chi connectivity index (χ3n) is 4.65. The predicted octanol–water partition coefficient (Wildman–Crippen LogP) is 5.67. The molecule has 0 fully saturated rings. The normalized spacial score (nSPS) is 14.4. The summed E-state index contributed by atoms with van der Waals surface area (Å²) in [7, 11) is -0.785. The van der Waals surface area contributed by atoms with Crippen molar-refractivity contribution in [3.05, 3.63) is 91.0 Å². The van der Waals surface area contributed by atoms with Crippen LogP contribution in [0.15, 0.2) is 91.0 Å². The molecule has 0 saturated heterocycles. The van der Waals surface area contributed by atoms with Gasteiger partial charge in [-0.2, -0.15) is 4.31 Å². The van der Waals surface area contributed by atoms with E-state index in [2.05, 4.69) is 93.6 Å². The molecule has 1 unspecified atom stereocenters. The van der Waals surface area contributed by atoms with Gasteiger partial charge in [0, 0.05) is 12.3 Å². The molecule has 0 saturated carbocycles. The molecule has 0 N–H and O–H groups in total. The lowest BCUT2D eigenvalue weighted by molar-refractivity contribution is 0.379. The van der Waals surface area contributed by atoms with Gasteiger partial charge in [0.05, 0.1) is 0 Å². The number of hydrogen-bond donors (Lipinski definition) is 0. The number of benzene rings is 3. The third-order valence-corrected chi connectivity index (χ3v) is 14.4. The van der Waals surface area contributed by atoms with Crippen LogP contribution in [0.1, 0.15) is 20.8 Å². The van der Waals surface area contributed by atoms with E-state index in [0.717, 1.165) is 15.9 Å². The highest BCUT2D eigenvalue weighted by atomic mass is 32.5. The van der Waals surface area contributed by atoms with E-state index in [-0.39, 0.29) is 5.16 Å². The average Bonchev–Trinajstić information content (AvgIpc) is 2.73. The van der Waals surface area contributed by atoms with Gasteiger partial charge in [0.25, 0.3) is 7.49 Å². The van der Waals surface area contributed by atoms with E-state index in [1.807, 2.05) is 18.2 Å². The van der Waals surface area contributed by atoms with Crippen molar-refractivity contribution in [3.8, 4) is 0 Å². The molecule has 0 bridgehead atoms. The van der Waals surface area contributed by atoms with Gasteiger partial charge >= 0.3 is 0 Å². The Balaban J connectivity index is 2.36. The molecule has 0 spiro atoms. The van der Waals surface area contributed by atoms with Crippen LogP contribution < -0.4 is 15.9 Å². The summed E-state index contributed by atoms with van der Waals surface area (Å²) in [6.45, 7) is 3.69. The lowest BCUT2D eigenvalue weighted by Crippen LogP contribution is -2.34. The molecular formula is C23H27O2P2S+. The third kappa shape index (κ3) is 4.01. The Morgan fingerprint density at radius 3 is 1.25 bits per heavy atom. The van der Waals surface area contributed by atoms with Crippen LogP contribution in [0.4, 0.5) is 0 Å². The predicted molar refractivity (Wildman–Crippen MR) is 127 cm³/mol. The molecule has 28 heavy (non-hydrogen) atoms. The van der Waals surface area contributed by atoms with Crippen molar-refractivity contribution in [1.29, 1.82) is 0 Å². The summed E-state index contributed by atoms with van der Waals surface area (Å²) in [5.74, 6) is 0. The van der Waals surface area contributed by atoms with E-state index in [9.17, 15) is 0 Å². The van der Waals surface area contributed by atoms with Crippen LogP contribution in [0.3, 0.4) is 0 Å². The summed E-state index contributed by atoms with van der Waals surface area (Å²) in [4.78, 5) is 0. The van der Waals surface area contributed by atoms with Crippen LogP contribution in [0.5, 0.6) is 0 Å². The quantitative estimate of drug-likeness (QED) is 0.471. The SMILES string of the molecule is COP(=S)(O[P+](c1ccccc1)(c1ccccc1)c1ccccc1)C(C)(C)C. The van der Waals surface area contributed by atoms with Gasteiger partial charge in [-0.3, -0.25) is 0 Å². The molecule has 3 rings (SSSR count). The minimum atomic E-state index is -2.62. The second-order valence-corrected chi connectivity index (χ2v) is 15.1. The summed E-state index contributed by atoms with van der Waals surface area (Å²) >= 11 is 6.08. The van der Waals surface area contributed by atoms with Gasteiger partial charge in [-0.25, -0.2) is 0 Å². The molecule has 0 amide bonds. The Morgan fingerprint density at radius 1 is 0.679 bits per heavy atom. The average molecular weight is 429 g/mol. The molecular weight excluding hydrogens is 402 g/mol. The minimum absolute atomic E-state index is 0.291. The van der Waals surface area contributed by atoms with Gasteiger partial charge in [0.2, 0.25) is 6.49 Å². The molecule has 0 aromatic heterocycles. The maximum atomic E-state index is 7.11. The molecule has 3 aromatic carbocycles. The Bertz CT molecular complexity index is 842. The Hall–Kier alpha value is -1.34. The molecule has 0 aliphatic carbocycles. The van der Waals surface area contributed by atoms with E-state index >= 15 is 0 Å². The van der Waals surface area contributed by atoms with Crippen LogP contribution in [-0.2, 0) is 20.6 Å². The zero-order valence-corrected chi connectivity index (χ0v) is 19.4. The van der Waals surface area contributed by atoms with E-state index in [1.165, 1.54) is 0 Å². The first-order valence-electron chi connectivity index (χ1n) is 9.27. The maximum absolute atomic E-state index is 7.11. The topological polar surface area (TPSA) is 18.5 Å². The van der Waals surface area contributed by atoms with Gasteiger partial charge in [-0.15, -0.1) is 0 Å².